The Labute approximate surface area is 166 Å². The number of benzene rings is 1. The smallest absolute Gasteiger partial charge is 0.238 e. The monoisotopic (exact) mass is 394 g/mol. The lowest BCUT2D eigenvalue weighted by Crippen LogP contribution is -2.22. The van der Waals surface area contributed by atoms with Crippen molar-refractivity contribution >= 4 is 34.0 Å². The van der Waals surface area contributed by atoms with E-state index in [-0.39, 0.29) is 11.2 Å². The molecular formula is C20H18N4OS2. The van der Waals surface area contributed by atoms with Crippen molar-refractivity contribution in [2.24, 2.45) is 7.05 Å². The average Bonchev–Trinajstić information content (AvgIpc) is 3.24. The lowest BCUT2D eigenvalue weighted by molar-refractivity contribution is -0.115. The van der Waals surface area contributed by atoms with E-state index in [1.165, 1.54) is 34.2 Å². The van der Waals surface area contributed by atoms with Crippen LogP contribution in [0.15, 0.2) is 41.8 Å². The molecule has 4 rings (SSSR count). The predicted octanol–water partition coefficient (Wildman–Crippen LogP) is 4.24. The van der Waals surface area contributed by atoms with Gasteiger partial charge in [0.15, 0.2) is 5.16 Å². The first kappa shape index (κ1) is 17.8. The second kappa shape index (κ2) is 7.22. The fourth-order valence-electron chi connectivity index (χ4n) is 3.24. The van der Waals surface area contributed by atoms with Gasteiger partial charge in [-0.05, 0) is 36.5 Å². The predicted molar refractivity (Wildman–Crippen MR) is 109 cm³/mol. The van der Waals surface area contributed by atoms with E-state index in [1.54, 1.807) is 6.20 Å². The van der Waals surface area contributed by atoms with Crippen LogP contribution in [0.1, 0.15) is 23.6 Å². The van der Waals surface area contributed by atoms with Crippen LogP contribution in [0.2, 0.25) is 0 Å². The number of nitriles is 1. The Bertz CT molecular complexity index is 1060. The molecule has 0 fully saturated rings. The van der Waals surface area contributed by atoms with Crippen LogP contribution >= 0.6 is 23.1 Å². The molecule has 3 aromatic rings. The van der Waals surface area contributed by atoms with Crippen molar-refractivity contribution in [3.05, 3.63) is 53.3 Å². The molecular weight excluding hydrogens is 376 g/mol. The number of aromatic nitrogens is 2. The Balaban J connectivity index is 1.60. The summed E-state index contributed by atoms with van der Waals surface area (Å²) in [6.07, 6.45) is 5.32. The fourth-order valence-corrected chi connectivity index (χ4v) is 5.33. The second-order valence-electron chi connectivity index (χ2n) is 6.45. The number of rotatable bonds is 4. The van der Waals surface area contributed by atoms with Crippen LogP contribution in [0.3, 0.4) is 0 Å². The number of amides is 1. The first-order chi connectivity index (χ1) is 13.1. The van der Waals surface area contributed by atoms with E-state index in [4.69, 9.17) is 0 Å². The molecule has 0 saturated carbocycles. The van der Waals surface area contributed by atoms with Gasteiger partial charge < -0.3 is 9.88 Å². The van der Waals surface area contributed by atoms with Crippen molar-refractivity contribution < 1.29 is 4.79 Å². The van der Waals surface area contributed by atoms with Crippen LogP contribution in [-0.2, 0) is 24.7 Å². The van der Waals surface area contributed by atoms with Crippen molar-refractivity contribution in [3.63, 3.8) is 0 Å². The maximum Gasteiger partial charge on any atom is 0.238 e. The molecule has 1 N–H and O–H groups in total. The van der Waals surface area contributed by atoms with E-state index in [9.17, 15) is 10.1 Å². The SMILES string of the molecule is CC(Sc1nccn1C)C(=O)Nc1sc2c(c1C#N)CCc1ccccc1-2. The summed E-state index contributed by atoms with van der Waals surface area (Å²) in [6.45, 7) is 1.85. The highest BCUT2D eigenvalue weighted by Gasteiger charge is 2.26. The normalized spacial score (nSPS) is 13.4. The maximum absolute atomic E-state index is 12.7. The Morgan fingerprint density at radius 2 is 2.22 bits per heavy atom. The van der Waals surface area contributed by atoms with Crippen molar-refractivity contribution in [3.8, 4) is 16.5 Å². The standard InChI is InChI=1S/C20H18N4OS2/c1-12(26-20-22-9-10-24(20)2)18(25)23-19-16(11-21)15-8-7-13-5-3-4-6-14(13)17(15)27-19/h3-6,9-10,12H,7-8H2,1-2H3,(H,23,25). The van der Waals surface area contributed by atoms with E-state index in [1.807, 2.05) is 36.9 Å². The second-order valence-corrected chi connectivity index (χ2v) is 8.78. The summed E-state index contributed by atoms with van der Waals surface area (Å²) in [5.74, 6) is -0.119. The van der Waals surface area contributed by atoms with E-state index in [2.05, 4.69) is 28.5 Å². The molecule has 1 aliphatic rings. The Hall–Kier alpha value is -2.56. The van der Waals surface area contributed by atoms with Crippen LogP contribution < -0.4 is 5.32 Å². The lowest BCUT2D eigenvalue weighted by atomic mass is 9.90. The number of nitrogens with zero attached hydrogens (tertiary/aromatic N) is 3. The van der Waals surface area contributed by atoms with Crippen LogP contribution in [0.25, 0.3) is 10.4 Å². The summed E-state index contributed by atoms with van der Waals surface area (Å²) in [5, 5.41) is 13.8. The third-order valence-electron chi connectivity index (χ3n) is 4.69. The third kappa shape index (κ3) is 3.27. The molecule has 27 heavy (non-hydrogen) atoms. The first-order valence-corrected chi connectivity index (χ1v) is 10.4. The highest BCUT2D eigenvalue weighted by molar-refractivity contribution is 8.00. The van der Waals surface area contributed by atoms with E-state index < -0.39 is 0 Å². The van der Waals surface area contributed by atoms with Gasteiger partial charge in [0.05, 0.1) is 10.8 Å². The molecule has 0 saturated heterocycles. The van der Waals surface area contributed by atoms with Crippen molar-refractivity contribution in [1.29, 1.82) is 5.26 Å². The molecule has 1 unspecified atom stereocenters. The van der Waals surface area contributed by atoms with Gasteiger partial charge in [-0.15, -0.1) is 11.3 Å². The number of fused-ring (bicyclic) bond motifs is 3. The number of imidazole rings is 1. The fraction of sp³-hybridized carbons (Fsp3) is 0.250. The Kier molecular flexibility index (Phi) is 4.77. The summed E-state index contributed by atoms with van der Waals surface area (Å²) in [5.41, 5.74) is 4.14. The number of carbonyl (C=O) groups is 1. The summed E-state index contributed by atoms with van der Waals surface area (Å²) in [7, 11) is 1.90. The third-order valence-corrected chi connectivity index (χ3v) is 7.04. The van der Waals surface area contributed by atoms with Gasteiger partial charge in [-0.2, -0.15) is 5.26 Å². The number of aryl methyl sites for hydroxylation is 2. The van der Waals surface area contributed by atoms with Crippen LogP contribution in [0.5, 0.6) is 0 Å². The maximum atomic E-state index is 12.7. The topological polar surface area (TPSA) is 70.7 Å². The number of anilines is 1. The summed E-state index contributed by atoms with van der Waals surface area (Å²) < 4.78 is 1.88. The molecule has 0 aliphatic heterocycles. The molecule has 0 bridgehead atoms. The number of nitrogens with one attached hydrogen (secondary N) is 1. The zero-order valence-electron chi connectivity index (χ0n) is 15.0. The molecule has 1 atom stereocenters. The van der Waals surface area contributed by atoms with Crippen molar-refractivity contribution in [2.75, 3.05) is 5.32 Å². The highest BCUT2D eigenvalue weighted by atomic mass is 32.2. The minimum absolute atomic E-state index is 0.119. The Morgan fingerprint density at radius 1 is 1.41 bits per heavy atom. The van der Waals surface area contributed by atoms with Gasteiger partial charge in [-0.25, -0.2) is 4.98 Å². The molecule has 7 heteroatoms. The summed E-state index contributed by atoms with van der Waals surface area (Å²) in [4.78, 5) is 18.1. The van der Waals surface area contributed by atoms with Gasteiger partial charge in [-0.1, -0.05) is 36.0 Å². The average molecular weight is 395 g/mol. The van der Waals surface area contributed by atoms with Crippen LogP contribution in [0, 0.1) is 11.3 Å². The zero-order valence-corrected chi connectivity index (χ0v) is 16.7. The number of carbonyl (C=O) groups excluding carboxylic acids is 1. The highest BCUT2D eigenvalue weighted by Crippen LogP contribution is 2.44. The van der Waals surface area contributed by atoms with E-state index >= 15 is 0 Å². The van der Waals surface area contributed by atoms with Crippen LogP contribution in [-0.4, -0.2) is 20.7 Å². The van der Waals surface area contributed by atoms with Crippen molar-refractivity contribution in [1.82, 2.24) is 9.55 Å². The molecule has 1 aromatic carbocycles. The first-order valence-electron chi connectivity index (χ1n) is 8.67. The largest absolute Gasteiger partial charge is 0.329 e. The number of thioether (sulfide) groups is 1. The molecule has 2 heterocycles. The van der Waals surface area contributed by atoms with Gasteiger partial charge >= 0.3 is 0 Å². The van der Waals surface area contributed by atoms with E-state index in [0.29, 0.717) is 10.6 Å². The number of thiophene rings is 1. The zero-order chi connectivity index (χ0) is 19.0. The molecule has 0 radical (unpaired) electrons. The van der Waals surface area contributed by atoms with Gasteiger partial charge in [0.2, 0.25) is 5.91 Å². The molecule has 136 valence electrons. The molecule has 5 nitrogen and oxygen atoms in total. The van der Waals surface area contributed by atoms with Crippen molar-refractivity contribution in [2.45, 2.75) is 30.2 Å². The summed E-state index contributed by atoms with van der Waals surface area (Å²) in [6, 6.07) is 10.6. The molecule has 1 aliphatic carbocycles. The molecule has 1 amide bonds. The van der Waals surface area contributed by atoms with Gasteiger partial charge in [0, 0.05) is 24.3 Å². The molecule has 2 aromatic heterocycles. The number of hydrogen-bond donors (Lipinski definition) is 1. The van der Waals surface area contributed by atoms with Gasteiger partial charge in [-0.3, -0.25) is 4.79 Å². The minimum Gasteiger partial charge on any atom is -0.329 e. The van der Waals surface area contributed by atoms with Gasteiger partial charge in [0.25, 0.3) is 0 Å². The quantitative estimate of drug-likeness (QED) is 0.672. The lowest BCUT2D eigenvalue weighted by Gasteiger charge is -2.15. The van der Waals surface area contributed by atoms with E-state index in [0.717, 1.165) is 28.4 Å². The number of hydrogen-bond acceptors (Lipinski definition) is 5. The minimum atomic E-state index is -0.316. The molecule has 0 spiro atoms. The Morgan fingerprint density at radius 3 is 2.96 bits per heavy atom. The van der Waals surface area contributed by atoms with Gasteiger partial charge in [0.1, 0.15) is 11.1 Å². The van der Waals surface area contributed by atoms with Crippen LogP contribution in [0.4, 0.5) is 5.00 Å². The summed E-state index contributed by atoms with van der Waals surface area (Å²) >= 11 is 2.90.